The molecule has 0 fully saturated rings. The normalized spacial score (nSPS) is 13.9. The van der Waals surface area contributed by atoms with Crippen LogP contribution in [-0.2, 0) is 16.1 Å². The van der Waals surface area contributed by atoms with Crippen LogP contribution in [0.15, 0.2) is 58.4 Å². The second-order valence-corrected chi connectivity index (χ2v) is 7.44. The van der Waals surface area contributed by atoms with Gasteiger partial charge in [0.2, 0.25) is 5.91 Å². The van der Waals surface area contributed by atoms with E-state index in [2.05, 4.69) is 15.1 Å². The van der Waals surface area contributed by atoms with E-state index in [1.807, 2.05) is 38.1 Å². The number of carbonyl (C=O) groups excluding carboxylic acids is 2. The first-order chi connectivity index (χ1) is 15.0. The summed E-state index contributed by atoms with van der Waals surface area (Å²) in [7, 11) is 0. The molecule has 1 aromatic heterocycles. The van der Waals surface area contributed by atoms with Gasteiger partial charge >= 0.3 is 0 Å². The highest BCUT2D eigenvalue weighted by molar-refractivity contribution is 6.40. The first kappa shape index (κ1) is 20.5. The van der Waals surface area contributed by atoms with E-state index in [1.54, 1.807) is 29.2 Å². The highest BCUT2D eigenvalue weighted by Gasteiger charge is 2.28. The molecule has 31 heavy (non-hydrogen) atoms. The molecule has 0 aliphatic carbocycles. The van der Waals surface area contributed by atoms with Crippen molar-refractivity contribution in [1.82, 2.24) is 14.9 Å². The first-order valence-corrected chi connectivity index (χ1v) is 10.2. The molecule has 2 heterocycles. The van der Waals surface area contributed by atoms with E-state index in [0.29, 0.717) is 34.7 Å². The number of benzene rings is 2. The zero-order valence-electron chi connectivity index (χ0n) is 17.5. The number of fused-ring (bicyclic) bond motifs is 1. The van der Waals surface area contributed by atoms with Crippen molar-refractivity contribution in [1.29, 1.82) is 0 Å². The van der Waals surface area contributed by atoms with Crippen molar-refractivity contribution in [3.8, 4) is 0 Å². The van der Waals surface area contributed by atoms with Crippen molar-refractivity contribution >= 4 is 34.1 Å². The number of aromatic amines is 1. The molecule has 0 radical (unpaired) electrons. The number of hydrogen-bond acceptors (Lipinski definition) is 5. The van der Waals surface area contributed by atoms with Crippen LogP contribution in [0.4, 0.5) is 5.69 Å². The Morgan fingerprint density at radius 1 is 1.13 bits per heavy atom. The van der Waals surface area contributed by atoms with Gasteiger partial charge in [-0.3, -0.25) is 14.4 Å². The summed E-state index contributed by atoms with van der Waals surface area (Å²) >= 11 is 0. The van der Waals surface area contributed by atoms with Crippen molar-refractivity contribution < 1.29 is 9.59 Å². The van der Waals surface area contributed by atoms with E-state index in [4.69, 9.17) is 0 Å². The maximum absolute atomic E-state index is 13.2. The maximum atomic E-state index is 13.2. The van der Waals surface area contributed by atoms with Crippen LogP contribution < -0.4 is 10.6 Å². The van der Waals surface area contributed by atoms with Gasteiger partial charge in [-0.2, -0.15) is 5.10 Å². The van der Waals surface area contributed by atoms with Gasteiger partial charge in [0.05, 0.1) is 23.1 Å². The average molecular weight is 417 g/mol. The quantitative estimate of drug-likeness (QED) is 0.690. The number of anilines is 1. The van der Waals surface area contributed by atoms with Gasteiger partial charge in [-0.15, -0.1) is 0 Å². The van der Waals surface area contributed by atoms with Crippen molar-refractivity contribution in [2.75, 3.05) is 11.6 Å². The number of hydrogen-bond donors (Lipinski definition) is 1. The lowest BCUT2D eigenvalue weighted by molar-refractivity contribution is -0.124. The topological polar surface area (TPSA) is 98.7 Å². The molecule has 8 heteroatoms. The molecule has 8 nitrogen and oxygen atoms in total. The number of carbonyl (C=O) groups is 2. The number of aromatic nitrogens is 2. The number of para-hydroxylation sites is 1. The van der Waals surface area contributed by atoms with Gasteiger partial charge in [0, 0.05) is 19.4 Å². The largest absolute Gasteiger partial charge is 0.330 e. The summed E-state index contributed by atoms with van der Waals surface area (Å²) in [5.41, 5.74) is 2.29. The van der Waals surface area contributed by atoms with Gasteiger partial charge in [0.1, 0.15) is 11.5 Å². The van der Waals surface area contributed by atoms with E-state index in [0.717, 1.165) is 5.56 Å². The van der Waals surface area contributed by atoms with Crippen LogP contribution in [0.3, 0.4) is 0 Å². The third-order valence-electron chi connectivity index (χ3n) is 5.20. The summed E-state index contributed by atoms with van der Waals surface area (Å²) in [6, 6.07) is 14.5. The Balaban J connectivity index is 1.60. The lowest BCUT2D eigenvalue weighted by Gasteiger charge is -2.26. The lowest BCUT2D eigenvalue weighted by Crippen LogP contribution is -2.41. The number of nitrogens with zero attached hydrogens (tertiary/aromatic N) is 4. The van der Waals surface area contributed by atoms with E-state index in [1.165, 1.54) is 5.01 Å². The molecule has 158 valence electrons. The summed E-state index contributed by atoms with van der Waals surface area (Å²) in [4.78, 5) is 46.7. The summed E-state index contributed by atoms with van der Waals surface area (Å²) in [5, 5.41) is 6.17. The van der Waals surface area contributed by atoms with Crippen LogP contribution in [0.5, 0.6) is 0 Å². The van der Waals surface area contributed by atoms with Crippen molar-refractivity contribution in [2.45, 2.75) is 33.2 Å². The Bertz CT molecular complexity index is 1250. The van der Waals surface area contributed by atoms with E-state index < -0.39 is 0 Å². The molecule has 0 saturated carbocycles. The molecular weight excluding hydrogens is 394 g/mol. The molecular formula is C23H23N5O3. The van der Waals surface area contributed by atoms with Gasteiger partial charge in [-0.05, 0) is 43.7 Å². The minimum absolute atomic E-state index is 0.146. The molecule has 1 N–H and O–H groups in total. The van der Waals surface area contributed by atoms with E-state index in [-0.39, 0.29) is 36.8 Å². The van der Waals surface area contributed by atoms with Gasteiger partial charge in [0.15, 0.2) is 0 Å². The van der Waals surface area contributed by atoms with Gasteiger partial charge in [-0.25, -0.2) is 9.99 Å². The molecule has 0 spiro atoms. The van der Waals surface area contributed by atoms with Crippen LogP contribution >= 0.6 is 0 Å². The van der Waals surface area contributed by atoms with Crippen molar-refractivity contribution in [3.05, 3.63) is 70.3 Å². The predicted octanol–water partition coefficient (Wildman–Crippen LogP) is 2.76. The number of amides is 2. The van der Waals surface area contributed by atoms with Crippen LogP contribution in [0, 0.1) is 6.92 Å². The fraction of sp³-hybridized carbons (Fsp3) is 0.261. The summed E-state index contributed by atoms with van der Waals surface area (Å²) in [6.45, 7) is 4.34. The molecule has 0 bridgehead atoms. The lowest BCUT2D eigenvalue weighted by atomic mass is 10.1. The maximum Gasteiger partial charge on any atom is 0.270 e. The Morgan fingerprint density at radius 2 is 1.94 bits per heavy atom. The fourth-order valence-corrected chi connectivity index (χ4v) is 3.57. The SMILES string of the molecule is CCN(Cc1nc2ccccc2c(=O)[nH]1)C(=O)C1=NN(c2cccc(C)c2)C(=O)CC1. The van der Waals surface area contributed by atoms with Crippen LogP contribution in [-0.4, -0.2) is 38.9 Å². The Hall–Kier alpha value is -3.81. The molecule has 1 aliphatic rings. The van der Waals surface area contributed by atoms with Gasteiger partial charge in [-0.1, -0.05) is 24.3 Å². The highest BCUT2D eigenvalue weighted by Crippen LogP contribution is 2.22. The molecule has 0 saturated heterocycles. The number of nitrogens with one attached hydrogen (secondary N) is 1. The Labute approximate surface area is 179 Å². The minimum atomic E-state index is -0.275. The van der Waals surface area contributed by atoms with Crippen molar-refractivity contribution in [3.63, 3.8) is 0 Å². The molecule has 2 amide bonds. The number of rotatable bonds is 5. The monoisotopic (exact) mass is 417 g/mol. The molecule has 0 atom stereocenters. The third kappa shape index (κ3) is 4.23. The smallest absolute Gasteiger partial charge is 0.270 e. The van der Waals surface area contributed by atoms with Gasteiger partial charge in [0.25, 0.3) is 11.5 Å². The Kier molecular flexibility index (Phi) is 5.62. The van der Waals surface area contributed by atoms with Crippen molar-refractivity contribution in [2.24, 2.45) is 5.10 Å². The molecule has 2 aromatic carbocycles. The van der Waals surface area contributed by atoms with Crippen LogP contribution in [0.1, 0.15) is 31.2 Å². The van der Waals surface area contributed by atoms with Crippen LogP contribution in [0.2, 0.25) is 0 Å². The number of aryl methyl sites for hydroxylation is 1. The standard InChI is InChI=1S/C23H23N5O3/c1-3-27(14-20-24-18-10-5-4-9-17(18)22(30)25-20)23(31)19-11-12-21(29)28(26-19)16-8-6-7-15(2)13-16/h4-10,13H,3,11-12,14H2,1-2H3,(H,24,25,30). The average Bonchev–Trinajstić information content (AvgIpc) is 2.77. The minimum Gasteiger partial charge on any atom is -0.330 e. The van der Waals surface area contributed by atoms with E-state index >= 15 is 0 Å². The molecule has 0 unspecified atom stereocenters. The van der Waals surface area contributed by atoms with Gasteiger partial charge < -0.3 is 9.88 Å². The Morgan fingerprint density at radius 3 is 2.71 bits per heavy atom. The second-order valence-electron chi connectivity index (χ2n) is 7.44. The predicted molar refractivity (Wildman–Crippen MR) is 119 cm³/mol. The highest BCUT2D eigenvalue weighted by atomic mass is 16.2. The summed E-state index contributed by atoms with van der Waals surface area (Å²) in [6.07, 6.45) is 0.485. The fourth-order valence-electron chi connectivity index (χ4n) is 3.57. The zero-order chi connectivity index (χ0) is 22.0. The first-order valence-electron chi connectivity index (χ1n) is 10.2. The van der Waals surface area contributed by atoms with E-state index in [9.17, 15) is 14.4 Å². The molecule has 3 aromatic rings. The van der Waals surface area contributed by atoms with Crippen LogP contribution in [0.25, 0.3) is 10.9 Å². The third-order valence-corrected chi connectivity index (χ3v) is 5.20. The molecule has 1 aliphatic heterocycles. The summed E-state index contributed by atoms with van der Waals surface area (Å²) in [5.74, 6) is -0.0175. The number of hydrazone groups is 1. The zero-order valence-corrected chi connectivity index (χ0v) is 17.5. The molecule has 4 rings (SSSR count). The second kappa shape index (κ2) is 8.51. The number of H-pyrrole nitrogens is 1. The summed E-state index contributed by atoms with van der Waals surface area (Å²) < 4.78 is 0.